The lowest BCUT2D eigenvalue weighted by Crippen LogP contribution is -2.56. The summed E-state index contributed by atoms with van der Waals surface area (Å²) in [6.45, 7) is 1.87. The van der Waals surface area contributed by atoms with E-state index in [0.29, 0.717) is 49.6 Å². The average molecular weight is 443 g/mol. The number of sulfonamides is 1. The lowest BCUT2D eigenvalue weighted by Gasteiger charge is -2.34. The second-order valence-corrected chi connectivity index (χ2v) is 10.0. The minimum Gasteiger partial charge on any atom is -0.496 e. The highest BCUT2D eigenvalue weighted by Gasteiger charge is 2.36. The summed E-state index contributed by atoms with van der Waals surface area (Å²) in [7, 11) is -1.70. The molecule has 1 saturated heterocycles. The van der Waals surface area contributed by atoms with E-state index < -0.39 is 10.0 Å². The number of pyridine rings is 1. The zero-order valence-corrected chi connectivity index (χ0v) is 17.9. The molecule has 162 valence electrons. The molecular formula is C22H23FN4O3S. The highest BCUT2D eigenvalue weighted by Crippen LogP contribution is 2.36. The van der Waals surface area contributed by atoms with Crippen LogP contribution in [-0.4, -0.2) is 61.2 Å². The number of benzene rings is 1. The molecule has 0 atom stereocenters. The van der Waals surface area contributed by atoms with Crippen molar-refractivity contribution in [2.24, 2.45) is 0 Å². The quantitative estimate of drug-likeness (QED) is 0.635. The van der Waals surface area contributed by atoms with Gasteiger partial charge in [-0.05, 0) is 47.9 Å². The van der Waals surface area contributed by atoms with Gasteiger partial charge in [-0.25, -0.2) is 17.8 Å². The van der Waals surface area contributed by atoms with Crippen molar-refractivity contribution in [3.8, 4) is 16.9 Å². The molecule has 3 aromatic rings. The maximum Gasteiger partial charge on any atom is 0.219 e. The fraction of sp³-hybridized carbons (Fsp3) is 0.318. The molecule has 4 heterocycles. The average Bonchev–Trinajstić information content (AvgIpc) is 3.16. The van der Waals surface area contributed by atoms with Crippen LogP contribution in [0.5, 0.6) is 5.75 Å². The molecule has 0 spiro atoms. The Morgan fingerprint density at radius 1 is 1.19 bits per heavy atom. The largest absolute Gasteiger partial charge is 0.496 e. The number of methoxy groups -OCH3 is 1. The van der Waals surface area contributed by atoms with Gasteiger partial charge in [0.25, 0.3) is 0 Å². The summed E-state index contributed by atoms with van der Waals surface area (Å²) in [5.41, 5.74) is 4.11. The van der Waals surface area contributed by atoms with E-state index in [1.54, 1.807) is 23.7 Å². The van der Waals surface area contributed by atoms with Crippen molar-refractivity contribution in [2.75, 3.05) is 33.3 Å². The summed E-state index contributed by atoms with van der Waals surface area (Å²) in [6, 6.07) is 8.27. The van der Waals surface area contributed by atoms with Gasteiger partial charge in [-0.2, -0.15) is 4.31 Å². The molecule has 2 aliphatic rings. The van der Waals surface area contributed by atoms with Crippen molar-refractivity contribution in [2.45, 2.75) is 11.7 Å². The standard InChI is InChI=1S/C22H23FN4O3S/c1-30-21-3-2-15(23)10-18(21)17-4-7-25-22-19(17)11-20(26-22)14-5-8-27(9-6-14)31(28,29)16-12-24-13-16/h2-5,7,10-11,16,24H,6,8-9,12-13H2,1H3,(H,25,26). The molecule has 2 aliphatic heterocycles. The Kier molecular flexibility index (Phi) is 5.04. The first kappa shape index (κ1) is 20.2. The van der Waals surface area contributed by atoms with Crippen LogP contribution in [0, 0.1) is 5.82 Å². The molecule has 7 nitrogen and oxygen atoms in total. The Morgan fingerprint density at radius 3 is 2.71 bits per heavy atom. The summed E-state index contributed by atoms with van der Waals surface area (Å²) < 4.78 is 46.2. The number of hydrogen-bond donors (Lipinski definition) is 2. The predicted octanol–water partition coefficient (Wildman–Crippen LogP) is 2.77. The summed E-state index contributed by atoms with van der Waals surface area (Å²) in [5, 5.41) is 3.56. The molecule has 0 radical (unpaired) electrons. The zero-order valence-electron chi connectivity index (χ0n) is 17.1. The minimum atomic E-state index is -3.26. The van der Waals surface area contributed by atoms with Crippen LogP contribution in [0.4, 0.5) is 4.39 Å². The minimum absolute atomic E-state index is 0.316. The summed E-state index contributed by atoms with van der Waals surface area (Å²) >= 11 is 0. The Balaban J connectivity index is 1.48. The molecule has 0 aliphatic carbocycles. The smallest absolute Gasteiger partial charge is 0.219 e. The predicted molar refractivity (Wildman–Crippen MR) is 118 cm³/mol. The molecule has 2 N–H and O–H groups in total. The zero-order chi connectivity index (χ0) is 21.6. The van der Waals surface area contributed by atoms with E-state index in [2.05, 4.69) is 15.3 Å². The highest BCUT2D eigenvalue weighted by atomic mass is 32.2. The Labute approximate surface area is 180 Å². The summed E-state index contributed by atoms with van der Waals surface area (Å²) in [4.78, 5) is 7.76. The highest BCUT2D eigenvalue weighted by molar-refractivity contribution is 7.89. The molecule has 0 amide bonds. The molecule has 5 rings (SSSR count). The van der Waals surface area contributed by atoms with Gasteiger partial charge in [-0.1, -0.05) is 6.08 Å². The molecule has 1 fully saturated rings. The van der Waals surface area contributed by atoms with E-state index in [-0.39, 0.29) is 11.1 Å². The van der Waals surface area contributed by atoms with Crippen molar-refractivity contribution < 1.29 is 17.5 Å². The fourth-order valence-electron chi connectivity index (χ4n) is 4.14. The number of aromatic amines is 1. The van der Waals surface area contributed by atoms with Gasteiger partial charge in [0.1, 0.15) is 22.5 Å². The van der Waals surface area contributed by atoms with Crippen molar-refractivity contribution in [3.05, 3.63) is 54.1 Å². The second kappa shape index (κ2) is 7.74. The molecule has 2 aromatic heterocycles. The monoisotopic (exact) mass is 442 g/mol. The number of aromatic nitrogens is 2. The van der Waals surface area contributed by atoms with Gasteiger partial charge >= 0.3 is 0 Å². The van der Waals surface area contributed by atoms with Gasteiger partial charge in [0.2, 0.25) is 10.0 Å². The van der Waals surface area contributed by atoms with Crippen LogP contribution >= 0.6 is 0 Å². The number of H-pyrrole nitrogens is 1. The SMILES string of the molecule is COc1ccc(F)cc1-c1ccnc2[nH]c(C3=CCN(S(=O)(=O)C4CNC4)CC3)cc12. The van der Waals surface area contributed by atoms with Crippen LogP contribution < -0.4 is 10.1 Å². The maximum absolute atomic E-state index is 13.9. The summed E-state index contributed by atoms with van der Waals surface area (Å²) in [5.74, 6) is 0.245. The van der Waals surface area contributed by atoms with E-state index in [1.807, 2.05) is 18.2 Å². The molecule has 9 heteroatoms. The van der Waals surface area contributed by atoms with Gasteiger partial charge < -0.3 is 15.0 Å². The van der Waals surface area contributed by atoms with Crippen LogP contribution in [-0.2, 0) is 10.0 Å². The van der Waals surface area contributed by atoms with Crippen LogP contribution in [0.25, 0.3) is 27.7 Å². The third-order valence-corrected chi connectivity index (χ3v) is 8.25. The van der Waals surface area contributed by atoms with Crippen molar-refractivity contribution in [1.29, 1.82) is 0 Å². The molecular weight excluding hydrogens is 419 g/mol. The van der Waals surface area contributed by atoms with Gasteiger partial charge in [0, 0.05) is 49.0 Å². The lowest BCUT2D eigenvalue weighted by molar-refractivity contribution is 0.407. The number of rotatable bonds is 5. The van der Waals surface area contributed by atoms with Gasteiger partial charge in [0.05, 0.1) is 7.11 Å². The van der Waals surface area contributed by atoms with Crippen LogP contribution in [0.2, 0.25) is 0 Å². The first-order chi connectivity index (χ1) is 15.0. The van der Waals surface area contributed by atoms with Crippen LogP contribution in [0.15, 0.2) is 42.6 Å². The van der Waals surface area contributed by atoms with Crippen molar-refractivity contribution in [3.63, 3.8) is 0 Å². The van der Waals surface area contributed by atoms with E-state index in [0.717, 1.165) is 22.2 Å². The second-order valence-electron chi connectivity index (χ2n) is 7.81. The molecule has 31 heavy (non-hydrogen) atoms. The van der Waals surface area contributed by atoms with E-state index in [4.69, 9.17) is 4.74 Å². The number of hydrogen-bond acceptors (Lipinski definition) is 5. The molecule has 0 unspecified atom stereocenters. The Hall–Kier alpha value is -2.75. The maximum atomic E-state index is 13.9. The van der Waals surface area contributed by atoms with E-state index in [1.165, 1.54) is 12.1 Å². The first-order valence-corrected chi connectivity index (χ1v) is 11.7. The van der Waals surface area contributed by atoms with Crippen molar-refractivity contribution >= 4 is 26.6 Å². The third kappa shape index (κ3) is 3.52. The number of halogens is 1. The van der Waals surface area contributed by atoms with Gasteiger partial charge in [-0.3, -0.25) is 0 Å². The fourth-order valence-corrected chi connectivity index (χ4v) is 5.84. The topological polar surface area (TPSA) is 87.3 Å². The van der Waals surface area contributed by atoms with Gasteiger partial charge in [0.15, 0.2) is 0 Å². The lowest BCUT2D eigenvalue weighted by atomic mass is 10.0. The molecule has 0 bridgehead atoms. The first-order valence-electron chi connectivity index (χ1n) is 10.2. The molecule has 0 saturated carbocycles. The van der Waals surface area contributed by atoms with Gasteiger partial charge in [-0.15, -0.1) is 0 Å². The number of ether oxygens (including phenoxy) is 1. The van der Waals surface area contributed by atoms with E-state index in [9.17, 15) is 12.8 Å². The van der Waals surface area contributed by atoms with Crippen LogP contribution in [0.1, 0.15) is 12.1 Å². The normalized spacial score (nSPS) is 18.1. The molecule has 1 aromatic carbocycles. The Morgan fingerprint density at radius 2 is 2.03 bits per heavy atom. The number of nitrogens with one attached hydrogen (secondary N) is 2. The van der Waals surface area contributed by atoms with E-state index >= 15 is 0 Å². The number of nitrogens with zero attached hydrogens (tertiary/aromatic N) is 2. The third-order valence-electron chi connectivity index (χ3n) is 6.03. The number of fused-ring (bicyclic) bond motifs is 1. The Bertz CT molecular complexity index is 1280. The van der Waals surface area contributed by atoms with Crippen LogP contribution in [0.3, 0.4) is 0 Å². The van der Waals surface area contributed by atoms with Crippen molar-refractivity contribution in [1.82, 2.24) is 19.6 Å². The summed E-state index contributed by atoms with van der Waals surface area (Å²) in [6.07, 6.45) is 4.25.